The van der Waals surface area contributed by atoms with E-state index in [0.29, 0.717) is 0 Å². The molecule has 0 N–H and O–H groups in total. The zero-order chi connectivity index (χ0) is 16.1. The van der Waals surface area contributed by atoms with Gasteiger partial charge in [0.2, 0.25) is 0 Å². The second-order valence-electron chi connectivity index (χ2n) is 6.93. The van der Waals surface area contributed by atoms with Crippen LogP contribution in [0.1, 0.15) is 49.4 Å². The van der Waals surface area contributed by atoms with E-state index in [1.807, 2.05) is 10.6 Å². The zero-order valence-corrected chi connectivity index (χ0v) is 19.2. The Hall–Kier alpha value is -0.920. The predicted molar refractivity (Wildman–Crippen MR) is 101 cm³/mol. The number of rotatable bonds is 3. The van der Waals surface area contributed by atoms with Gasteiger partial charge in [-0.05, 0) is 0 Å². The van der Waals surface area contributed by atoms with E-state index >= 15 is 0 Å². The summed E-state index contributed by atoms with van der Waals surface area (Å²) in [5, 5.41) is 3.69. The fourth-order valence-corrected chi connectivity index (χ4v) is 18.0. The Morgan fingerprint density at radius 1 is 0.808 bits per heavy atom. The van der Waals surface area contributed by atoms with Crippen LogP contribution in [0.2, 0.25) is 0 Å². The Labute approximate surface area is 166 Å². The van der Waals surface area contributed by atoms with Crippen molar-refractivity contribution in [3.05, 3.63) is 81.4 Å². The molecular weight excluding hydrogens is 512 g/mol. The molecular formula is C22H21F2HfP. The van der Waals surface area contributed by atoms with E-state index in [1.54, 1.807) is 11.1 Å². The van der Waals surface area contributed by atoms with E-state index in [2.05, 4.69) is 67.6 Å². The van der Waals surface area contributed by atoms with Gasteiger partial charge in [0.25, 0.3) is 0 Å². The van der Waals surface area contributed by atoms with Crippen molar-refractivity contribution in [2.45, 2.75) is 27.1 Å². The van der Waals surface area contributed by atoms with Crippen LogP contribution in [0.3, 0.4) is 0 Å². The summed E-state index contributed by atoms with van der Waals surface area (Å²) >= 11 is -0.827. The van der Waals surface area contributed by atoms with Crippen LogP contribution in [0.5, 0.6) is 0 Å². The minimum atomic E-state index is -0.827. The van der Waals surface area contributed by atoms with Crippen molar-refractivity contribution < 1.29 is 32.3 Å². The molecule has 2 aromatic rings. The van der Waals surface area contributed by atoms with Crippen molar-refractivity contribution in [2.24, 2.45) is 0 Å². The minimum Gasteiger partial charge on any atom is -1.00 e. The van der Waals surface area contributed by atoms with Crippen LogP contribution in [0, 0.1) is 0 Å². The molecule has 1 aliphatic heterocycles. The minimum absolute atomic E-state index is 0. The zero-order valence-electron chi connectivity index (χ0n) is 14.8. The number of hydrogen-bond acceptors (Lipinski definition) is 0. The summed E-state index contributed by atoms with van der Waals surface area (Å²) in [7, 11) is -0.0802. The Balaban J connectivity index is 0.000000980. The van der Waals surface area contributed by atoms with Gasteiger partial charge < -0.3 is 9.41 Å². The van der Waals surface area contributed by atoms with Crippen LogP contribution < -0.4 is 9.41 Å². The molecule has 0 spiro atoms. The fourth-order valence-electron chi connectivity index (χ4n) is 4.32. The molecule has 26 heavy (non-hydrogen) atoms. The maximum Gasteiger partial charge on any atom is -1.00 e. The number of hydrogen-bond donors (Lipinski definition) is 0. The summed E-state index contributed by atoms with van der Waals surface area (Å²) in [5.74, 6) is 0. The molecule has 132 valence electrons. The van der Waals surface area contributed by atoms with E-state index in [9.17, 15) is 0 Å². The SMILES string of the molecule is CCCCP1C2=Cc3ccccc3[CH]2[Hf+2][CH]2C1=Cc1ccccc12.[F-].[F-]. The smallest absolute Gasteiger partial charge is 1.00 e. The molecule has 0 nitrogen and oxygen atoms in total. The molecule has 2 atom stereocenters. The Kier molecular flexibility index (Phi) is 6.09. The van der Waals surface area contributed by atoms with E-state index < -0.39 is 22.9 Å². The van der Waals surface area contributed by atoms with Gasteiger partial charge in [0.1, 0.15) is 0 Å². The Bertz CT molecular complexity index is 806. The molecule has 3 aliphatic rings. The van der Waals surface area contributed by atoms with Crippen molar-refractivity contribution in [3.63, 3.8) is 0 Å². The van der Waals surface area contributed by atoms with Crippen molar-refractivity contribution in [3.8, 4) is 0 Å². The van der Waals surface area contributed by atoms with E-state index in [0.717, 1.165) is 7.35 Å². The summed E-state index contributed by atoms with van der Waals surface area (Å²) in [5.41, 5.74) is 6.40. The fraction of sp³-hybridized carbons (Fsp3) is 0.273. The van der Waals surface area contributed by atoms with Gasteiger partial charge in [-0.2, -0.15) is 0 Å². The summed E-state index contributed by atoms with van der Waals surface area (Å²) in [4.78, 5) is 0. The predicted octanol–water partition coefficient (Wildman–Crippen LogP) is 0.564. The van der Waals surface area contributed by atoms with Gasteiger partial charge >= 0.3 is 158 Å². The molecule has 1 saturated heterocycles. The molecule has 2 aromatic carbocycles. The maximum atomic E-state index is 2.59. The number of benzene rings is 2. The van der Waals surface area contributed by atoms with Gasteiger partial charge in [0.05, 0.1) is 0 Å². The molecule has 0 amide bonds. The number of halogens is 2. The van der Waals surface area contributed by atoms with Gasteiger partial charge in [0, 0.05) is 0 Å². The van der Waals surface area contributed by atoms with E-state index in [4.69, 9.17) is 0 Å². The van der Waals surface area contributed by atoms with E-state index in [-0.39, 0.29) is 17.3 Å². The first-order chi connectivity index (χ1) is 11.9. The molecule has 2 unspecified atom stereocenters. The number of allylic oxidation sites excluding steroid dienone is 2. The quantitative estimate of drug-likeness (QED) is 0.401. The number of unbranched alkanes of at least 4 members (excludes halogenated alkanes) is 1. The molecule has 0 bridgehead atoms. The average molecular weight is 533 g/mol. The Morgan fingerprint density at radius 3 is 1.81 bits per heavy atom. The summed E-state index contributed by atoms with van der Waals surface area (Å²) in [6.45, 7) is 2.34. The first-order valence-corrected chi connectivity index (χ1v) is 14.7. The third-order valence-electron chi connectivity index (χ3n) is 5.50. The van der Waals surface area contributed by atoms with Gasteiger partial charge in [-0.15, -0.1) is 0 Å². The van der Waals surface area contributed by atoms with Crippen LogP contribution in [0.15, 0.2) is 59.2 Å². The molecule has 0 saturated carbocycles. The number of fused-ring (bicyclic) bond motifs is 6. The third-order valence-corrected chi connectivity index (χ3v) is 16.9. The third kappa shape index (κ3) is 3.02. The van der Waals surface area contributed by atoms with Gasteiger partial charge in [-0.25, -0.2) is 0 Å². The largest absolute Gasteiger partial charge is 1.00 e. The van der Waals surface area contributed by atoms with E-state index in [1.165, 1.54) is 30.1 Å². The van der Waals surface area contributed by atoms with Crippen LogP contribution in [0.4, 0.5) is 0 Å². The molecule has 2 aliphatic carbocycles. The first kappa shape index (κ1) is 19.8. The monoisotopic (exact) mass is 534 g/mol. The van der Waals surface area contributed by atoms with Crippen LogP contribution in [-0.2, 0) is 22.9 Å². The van der Waals surface area contributed by atoms with Crippen LogP contribution in [-0.4, -0.2) is 6.16 Å². The van der Waals surface area contributed by atoms with Crippen molar-refractivity contribution in [1.29, 1.82) is 0 Å². The maximum absolute atomic E-state index is 2.59. The second kappa shape index (κ2) is 7.99. The summed E-state index contributed by atoms with van der Waals surface area (Å²) in [6.07, 6.45) is 9.28. The van der Waals surface area contributed by atoms with Gasteiger partial charge in [0.15, 0.2) is 0 Å². The van der Waals surface area contributed by atoms with Crippen molar-refractivity contribution in [1.82, 2.24) is 0 Å². The average Bonchev–Trinajstić information content (AvgIpc) is 3.17. The molecule has 4 heteroatoms. The normalized spacial score (nSPS) is 23.5. The molecule has 0 radical (unpaired) electrons. The summed E-state index contributed by atoms with van der Waals surface area (Å²) in [6, 6.07) is 18.4. The van der Waals surface area contributed by atoms with Gasteiger partial charge in [-0.3, -0.25) is 0 Å². The van der Waals surface area contributed by atoms with Crippen LogP contribution >= 0.6 is 7.92 Å². The van der Waals surface area contributed by atoms with Crippen molar-refractivity contribution >= 4 is 20.1 Å². The Morgan fingerprint density at radius 2 is 1.31 bits per heavy atom. The molecule has 1 fully saturated rings. The van der Waals surface area contributed by atoms with Crippen LogP contribution in [0.25, 0.3) is 12.2 Å². The second-order valence-corrected chi connectivity index (χ2v) is 14.6. The first-order valence-electron chi connectivity index (χ1n) is 9.01. The molecule has 1 heterocycles. The van der Waals surface area contributed by atoms with Crippen molar-refractivity contribution in [2.75, 3.05) is 6.16 Å². The molecule has 0 aromatic heterocycles. The standard InChI is InChI=1S/C22H21P.2FH.Hf/c1-2-3-12-23(21-13-17-8-4-5-9-18(17)14-21)22-15-19-10-6-7-11-20(19)16-22;;;/h4-11,13-16H,2-3,12H2,1H3;2*1H;/q;;;+2/p-2. The van der Waals surface area contributed by atoms with Gasteiger partial charge in [-0.1, -0.05) is 0 Å². The topological polar surface area (TPSA) is 0 Å². The summed E-state index contributed by atoms with van der Waals surface area (Å²) < 4.78 is 1.72. The molecule has 5 rings (SSSR count).